The third-order valence-electron chi connectivity index (χ3n) is 4.76. The highest BCUT2D eigenvalue weighted by molar-refractivity contribution is 14.0. The van der Waals surface area contributed by atoms with E-state index in [1.165, 1.54) is 0 Å². The molecule has 2 heterocycles. The molecule has 8 heteroatoms. The average Bonchev–Trinajstić information content (AvgIpc) is 3.19. The molecule has 27 heavy (non-hydrogen) atoms. The minimum Gasteiger partial charge on any atom is -0.381 e. The highest BCUT2D eigenvalue weighted by atomic mass is 127. The minimum atomic E-state index is 0. The number of halogens is 1. The number of hydrogen-bond acceptors (Lipinski definition) is 5. The molecule has 0 aromatic carbocycles. The van der Waals surface area contributed by atoms with Gasteiger partial charge in [-0.1, -0.05) is 0 Å². The Morgan fingerprint density at radius 2 is 1.63 bits per heavy atom. The van der Waals surface area contributed by atoms with Crippen LogP contribution in [0, 0.1) is 5.92 Å². The first kappa shape index (κ1) is 24.9. The number of nitrogens with one attached hydrogen (secondary N) is 2. The smallest absolute Gasteiger partial charge is 0.190 e. The zero-order chi connectivity index (χ0) is 18.3. The largest absolute Gasteiger partial charge is 0.381 e. The van der Waals surface area contributed by atoms with E-state index in [-0.39, 0.29) is 24.0 Å². The first-order valence-corrected chi connectivity index (χ1v) is 10.2. The molecule has 0 amide bonds. The summed E-state index contributed by atoms with van der Waals surface area (Å²) in [5, 5.41) is 6.63. The van der Waals surface area contributed by atoms with Gasteiger partial charge in [-0.15, -0.1) is 24.0 Å². The van der Waals surface area contributed by atoms with Crippen molar-refractivity contribution < 1.29 is 18.9 Å². The predicted octanol–water partition coefficient (Wildman–Crippen LogP) is 2.19. The summed E-state index contributed by atoms with van der Waals surface area (Å²) in [5.41, 5.74) is 0. The molecule has 2 N–H and O–H groups in total. The van der Waals surface area contributed by atoms with Crippen LogP contribution in [0.15, 0.2) is 4.99 Å². The topological polar surface area (TPSA) is 73.3 Å². The molecule has 2 saturated heterocycles. The van der Waals surface area contributed by atoms with Gasteiger partial charge >= 0.3 is 0 Å². The molecule has 2 aliphatic heterocycles. The van der Waals surface area contributed by atoms with E-state index in [2.05, 4.69) is 15.6 Å². The molecule has 0 radical (unpaired) electrons. The minimum absolute atomic E-state index is 0. The molecule has 0 aliphatic carbocycles. The van der Waals surface area contributed by atoms with E-state index in [0.29, 0.717) is 12.0 Å². The second-order valence-corrected chi connectivity index (χ2v) is 6.97. The Morgan fingerprint density at radius 3 is 2.22 bits per heavy atom. The lowest BCUT2D eigenvalue weighted by Crippen LogP contribution is -2.38. The Bertz CT molecular complexity index is 376. The van der Waals surface area contributed by atoms with Crippen LogP contribution in [0.4, 0.5) is 0 Å². The quantitative estimate of drug-likeness (QED) is 0.186. The normalized spacial score (nSPS) is 21.1. The summed E-state index contributed by atoms with van der Waals surface area (Å²) in [6, 6.07) is 0. The van der Waals surface area contributed by atoms with Crippen molar-refractivity contribution >= 4 is 29.9 Å². The van der Waals surface area contributed by atoms with Crippen LogP contribution in [0.5, 0.6) is 0 Å². The Labute approximate surface area is 181 Å². The van der Waals surface area contributed by atoms with Gasteiger partial charge in [0.1, 0.15) is 0 Å². The van der Waals surface area contributed by atoms with E-state index < -0.39 is 0 Å². The van der Waals surface area contributed by atoms with Gasteiger partial charge in [-0.2, -0.15) is 0 Å². The van der Waals surface area contributed by atoms with E-state index in [1.54, 1.807) is 7.05 Å². The summed E-state index contributed by atoms with van der Waals surface area (Å²) in [5.74, 6) is 1.52. The summed E-state index contributed by atoms with van der Waals surface area (Å²) in [6.45, 7) is 7.51. The number of ether oxygens (including phenoxy) is 4. The van der Waals surface area contributed by atoms with E-state index in [4.69, 9.17) is 18.9 Å². The standard InChI is InChI=1S/C19H37N3O4.HI/c1-20-19(22-9-4-11-25-16-18-5-2-12-26-18)21-8-3-10-24-15-17-6-13-23-14-7-17;/h17-18H,2-16H2,1H3,(H2,20,21,22);1H. The van der Waals surface area contributed by atoms with Crippen molar-refractivity contribution in [1.29, 1.82) is 0 Å². The molecule has 7 nitrogen and oxygen atoms in total. The Hall–Kier alpha value is -0.160. The van der Waals surface area contributed by atoms with Crippen LogP contribution in [0.1, 0.15) is 38.5 Å². The fourth-order valence-electron chi connectivity index (χ4n) is 3.14. The van der Waals surface area contributed by atoms with Crippen LogP contribution >= 0.6 is 24.0 Å². The van der Waals surface area contributed by atoms with Gasteiger partial charge < -0.3 is 29.6 Å². The number of rotatable bonds is 12. The fourth-order valence-corrected chi connectivity index (χ4v) is 3.14. The summed E-state index contributed by atoms with van der Waals surface area (Å²) in [7, 11) is 1.80. The van der Waals surface area contributed by atoms with Crippen LogP contribution in [0.2, 0.25) is 0 Å². The molecular formula is C19H38IN3O4. The maximum atomic E-state index is 5.77. The van der Waals surface area contributed by atoms with Gasteiger partial charge in [-0.05, 0) is 44.4 Å². The lowest BCUT2D eigenvalue weighted by molar-refractivity contribution is 0.0168. The third kappa shape index (κ3) is 12.1. The van der Waals surface area contributed by atoms with Crippen LogP contribution in [-0.4, -0.2) is 78.4 Å². The van der Waals surface area contributed by atoms with Crippen LogP contribution in [-0.2, 0) is 18.9 Å². The van der Waals surface area contributed by atoms with Gasteiger partial charge in [-0.25, -0.2) is 0 Å². The van der Waals surface area contributed by atoms with Crippen molar-refractivity contribution in [2.45, 2.75) is 44.6 Å². The Morgan fingerprint density at radius 1 is 0.963 bits per heavy atom. The molecule has 2 fully saturated rings. The van der Waals surface area contributed by atoms with Gasteiger partial charge in [0.15, 0.2) is 5.96 Å². The lowest BCUT2D eigenvalue weighted by Gasteiger charge is -2.21. The summed E-state index contributed by atoms with van der Waals surface area (Å²) >= 11 is 0. The van der Waals surface area contributed by atoms with Crippen molar-refractivity contribution in [2.75, 3.05) is 66.4 Å². The fraction of sp³-hybridized carbons (Fsp3) is 0.947. The van der Waals surface area contributed by atoms with Gasteiger partial charge in [0, 0.05) is 59.8 Å². The van der Waals surface area contributed by atoms with Crippen LogP contribution in [0.25, 0.3) is 0 Å². The molecule has 0 spiro atoms. The molecule has 1 atom stereocenters. The average molecular weight is 499 g/mol. The number of nitrogens with zero attached hydrogens (tertiary/aromatic N) is 1. The van der Waals surface area contributed by atoms with Gasteiger partial charge in [0.05, 0.1) is 12.7 Å². The third-order valence-corrected chi connectivity index (χ3v) is 4.76. The van der Waals surface area contributed by atoms with Crippen LogP contribution in [0.3, 0.4) is 0 Å². The predicted molar refractivity (Wildman–Crippen MR) is 118 cm³/mol. The summed E-state index contributed by atoms with van der Waals surface area (Å²) in [4.78, 5) is 4.24. The van der Waals surface area contributed by atoms with Crippen LogP contribution < -0.4 is 10.6 Å². The van der Waals surface area contributed by atoms with E-state index in [1.807, 2.05) is 0 Å². The molecular weight excluding hydrogens is 461 g/mol. The summed E-state index contributed by atoms with van der Waals surface area (Å²) < 4.78 is 22.3. The second-order valence-electron chi connectivity index (χ2n) is 6.97. The maximum absolute atomic E-state index is 5.77. The number of hydrogen-bond donors (Lipinski definition) is 2. The molecule has 0 aromatic rings. The molecule has 0 bridgehead atoms. The molecule has 2 rings (SSSR count). The highest BCUT2D eigenvalue weighted by Crippen LogP contribution is 2.14. The van der Waals surface area contributed by atoms with Gasteiger partial charge in [0.25, 0.3) is 0 Å². The zero-order valence-corrected chi connectivity index (χ0v) is 19.1. The maximum Gasteiger partial charge on any atom is 0.190 e. The molecule has 1 unspecified atom stereocenters. The van der Waals surface area contributed by atoms with Gasteiger partial charge in [0.2, 0.25) is 0 Å². The molecule has 160 valence electrons. The zero-order valence-electron chi connectivity index (χ0n) is 16.7. The van der Waals surface area contributed by atoms with Crippen molar-refractivity contribution in [3.05, 3.63) is 0 Å². The molecule has 0 saturated carbocycles. The second kappa shape index (κ2) is 16.8. The van der Waals surface area contributed by atoms with Gasteiger partial charge in [-0.3, -0.25) is 4.99 Å². The monoisotopic (exact) mass is 499 g/mol. The lowest BCUT2D eigenvalue weighted by atomic mass is 10.0. The highest BCUT2D eigenvalue weighted by Gasteiger charge is 2.15. The van der Waals surface area contributed by atoms with Crippen molar-refractivity contribution in [1.82, 2.24) is 10.6 Å². The van der Waals surface area contributed by atoms with E-state index in [9.17, 15) is 0 Å². The first-order valence-electron chi connectivity index (χ1n) is 10.2. The van der Waals surface area contributed by atoms with Crippen molar-refractivity contribution in [3.8, 4) is 0 Å². The number of aliphatic imine (C=N–C) groups is 1. The molecule has 0 aromatic heterocycles. The van der Waals surface area contributed by atoms with Crippen molar-refractivity contribution in [2.24, 2.45) is 10.9 Å². The van der Waals surface area contributed by atoms with Crippen molar-refractivity contribution in [3.63, 3.8) is 0 Å². The van der Waals surface area contributed by atoms with E-state index in [0.717, 1.165) is 104 Å². The Balaban J connectivity index is 0.00000364. The number of guanidine groups is 1. The summed E-state index contributed by atoms with van der Waals surface area (Å²) in [6.07, 6.45) is 6.81. The molecule has 2 aliphatic rings. The SMILES string of the molecule is CN=C(NCCCOCC1CCOCC1)NCCCOCC1CCCO1.I. The first-order chi connectivity index (χ1) is 12.9. The Kier molecular flexibility index (Phi) is 15.4. The van der Waals surface area contributed by atoms with E-state index >= 15 is 0 Å².